The maximum Gasteiger partial charge on any atom is 0.347 e. The van der Waals surface area contributed by atoms with Crippen LogP contribution in [0, 0.1) is 0 Å². The lowest BCUT2D eigenvalue weighted by atomic mass is 10.0. The standard InChI is InChI=1S/C15H18O4Si/c1-18-20(2,3)10-9-12-13(15(17)19-14(12)16)11-7-5-4-6-8-11/h4-8H,9-10H2,1-3H3. The first-order valence-electron chi connectivity index (χ1n) is 6.55. The van der Waals surface area contributed by atoms with Crippen molar-refractivity contribution in [1.82, 2.24) is 0 Å². The molecule has 1 heterocycles. The Morgan fingerprint density at radius 2 is 1.75 bits per heavy atom. The van der Waals surface area contributed by atoms with Crippen LogP contribution in [-0.4, -0.2) is 27.4 Å². The molecular formula is C15H18O4Si. The summed E-state index contributed by atoms with van der Waals surface area (Å²) in [5, 5.41) is 0. The van der Waals surface area contributed by atoms with Crippen LogP contribution < -0.4 is 0 Å². The fraction of sp³-hybridized carbons (Fsp3) is 0.333. The molecule has 4 nitrogen and oxygen atoms in total. The van der Waals surface area contributed by atoms with E-state index in [9.17, 15) is 9.59 Å². The lowest BCUT2D eigenvalue weighted by Crippen LogP contribution is -2.28. The average Bonchev–Trinajstić information content (AvgIpc) is 2.72. The third-order valence-electron chi connectivity index (χ3n) is 3.53. The highest BCUT2D eigenvalue weighted by atomic mass is 28.4. The molecule has 0 N–H and O–H groups in total. The second kappa shape index (κ2) is 5.72. The van der Waals surface area contributed by atoms with Gasteiger partial charge in [-0.3, -0.25) is 0 Å². The zero-order valence-electron chi connectivity index (χ0n) is 11.9. The van der Waals surface area contributed by atoms with Gasteiger partial charge >= 0.3 is 11.9 Å². The highest BCUT2D eigenvalue weighted by Crippen LogP contribution is 2.31. The first-order chi connectivity index (χ1) is 9.44. The Hall–Kier alpha value is -1.72. The molecule has 0 bridgehead atoms. The zero-order chi connectivity index (χ0) is 14.8. The number of carbonyl (C=O) groups is 2. The summed E-state index contributed by atoms with van der Waals surface area (Å²) in [4.78, 5) is 23.7. The third-order valence-corrected chi connectivity index (χ3v) is 6.09. The Morgan fingerprint density at radius 3 is 2.35 bits per heavy atom. The SMILES string of the molecule is CO[Si](C)(C)CCC1=C(c2ccccc2)C(=O)OC1=O. The van der Waals surface area contributed by atoms with Crippen LogP contribution in [0.5, 0.6) is 0 Å². The van der Waals surface area contributed by atoms with Crippen molar-refractivity contribution in [2.75, 3.05) is 7.11 Å². The molecule has 0 fully saturated rings. The number of hydrogen-bond donors (Lipinski definition) is 0. The van der Waals surface area contributed by atoms with E-state index in [1.807, 2.05) is 30.3 Å². The monoisotopic (exact) mass is 290 g/mol. The van der Waals surface area contributed by atoms with Crippen molar-refractivity contribution < 1.29 is 18.8 Å². The fourth-order valence-electron chi connectivity index (χ4n) is 2.07. The number of hydrogen-bond acceptors (Lipinski definition) is 4. The Labute approximate surface area is 119 Å². The van der Waals surface area contributed by atoms with Crippen LogP contribution in [0.25, 0.3) is 5.57 Å². The summed E-state index contributed by atoms with van der Waals surface area (Å²) in [5.74, 6) is -1.07. The van der Waals surface area contributed by atoms with Crippen LogP contribution in [-0.2, 0) is 18.8 Å². The molecule has 1 aliphatic heterocycles. The molecule has 0 radical (unpaired) electrons. The van der Waals surface area contributed by atoms with Crippen molar-refractivity contribution in [2.24, 2.45) is 0 Å². The van der Waals surface area contributed by atoms with E-state index < -0.39 is 20.3 Å². The van der Waals surface area contributed by atoms with E-state index >= 15 is 0 Å². The Bertz CT molecular complexity index is 560. The molecule has 1 aromatic rings. The van der Waals surface area contributed by atoms with Gasteiger partial charge in [0.15, 0.2) is 8.32 Å². The second-order valence-corrected chi connectivity index (χ2v) is 9.79. The van der Waals surface area contributed by atoms with Crippen LogP contribution in [0.15, 0.2) is 35.9 Å². The molecule has 0 unspecified atom stereocenters. The maximum atomic E-state index is 11.9. The number of cyclic esters (lactones) is 2. The predicted octanol–water partition coefficient (Wildman–Crippen LogP) is 2.77. The van der Waals surface area contributed by atoms with Gasteiger partial charge in [-0.25, -0.2) is 9.59 Å². The van der Waals surface area contributed by atoms with Gasteiger partial charge in [-0.1, -0.05) is 30.3 Å². The van der Waals surface area contributed by atoms with E-state index in [1.165, 1.54) is 0 Å². The number of rotatable bonds is 5. The second-order valence-electron chi connectivity index (χ2n) is 5.36. The fourth-order valence-corrected chi connectivity index (χ4v) is 3.13. The summed E-state index contributed by atoms with van der Waals surface area (Å²) in [6, 6.07) is 9.94. The van der Waals surface area contributed by atoms with E-state index in [0.717, 1.165) is 11.6 Å². The summed E-state index contributed by atoms with van der Waals surface area (Å²) in [6.07, 6.45) is 0.516. The van der Waals surface area contributed by atoms with Gasteiger partial charge in [0.05, 0.1) is 11.1 Å². The molecule has 2 rings (SSSR count). The van der Waals surface area contributed by atoms with Gasteiger partial charge in [0.1, 0.15) is 0 Å². The molecule has 0 saturated heterocycles. The van der Waals surface area contributed by atoms with Gasteiger partial charge in [-0.2, -0.15) is 0 Å². The molecular weight excluding hydrogens is 272 g/mol. The Kier molecular flexibility index (Phi) is 4.20. The van der Waals surface area contributed by atoms with E-state index in [0.29, 0.717) is 17.6 Å². The molecule has 0 spiro atoms. The Morgan fingerprint density at radius 1 is 1.10 bits per heavy atom. The molecule has 106 valence electrons. The topological polar surface area (TPSA) is 52.6 Å². The van der Waals surface area contributed by atoms with Gasteiger partial charge in [0, 0.05) is 7.11 Å². The Balaban J connectivity index is 2.32. The van der Waals surface area contributed by atoms with Crippen LogP contribution in [0.4, 0.5) is 0 Å². The highest BCUT2D eigenvalue weighted by Gasteiger charge is 2.35. The number of benzene rings is 1. The first-order valence-corrected chi connectivity index (χ1v) is 9.66. The summed E-state index contributed by atoms with van der Waals surface area (Å²) in [5.41, 5.74) is 1.60. The smallest absolute Gasteiger partial charge is 0.347 e. The van der Waals surface area contributed by atoms with Gasteiger partial charge < -0.3 is 9.16 Å². The highest BCUT2D eigenvalue weighted by molar-refractivity contribution is 6.71. The van der Waals surface area contributed by atoms with E-state index in [2.05, 4.69) is 13.1 Å². The molecule has 1 aromatic carbocycles. The molecule has 0 atom stereocenters. The van der Waals surface area contributed by atoms with Crippen molar-refractivity contribution in [3.05, 3.63) is 41.5 Å². The summed E-state index contributed by atoms with van der Waals surface area (Å²) < 4.78 is 10.2. The number of carbonyl (C=O) groups excluding carboxylic acids is 2. The van der Waals surface area contributed by atoms with Crippen molar-refractivity contribution in [3.8, 4) is 0 Å². The molecule has 0 amide bonds. The minimum absolute atomic E-state index is 0.400. The quantitative estimate of drug-likeness (QED) is 0.475. The molecule has 20 heavy (non-hydrogen) atoms. The molecule has 0 saturated carbocycles. The van der Waals surface area contributed by atoms with Gasteiger partial charge in [-0.05, 0) is 31.1 Å². The average molecular weight is 290 g/mol. The van der Waals surface area contributed by atoms with E-state index in [-0.39, 0.29) is 0 Å². The predicted molar refractivity (Wildman–Crippen MR) is 78.4 cm³/mol. The third kappa shape index (κ3) is 3.05. The number of esters is 2. The van der Waals surface area contributed by atoms with Crippen LogP contribution in [0.1, 0.15) is 12.0 Å². The molecule has 1 aliphatic rings. The zero-order valence-corrected chi connectivity index (χ0v) is 12.9. The minimum atomic E-state index is -1.78. The molecule has 5 heteroatoms. The minimum Gasteiger partial charge on any atom is -0.420 e. The first kappa shape index (κ1) is 14.7. The van der Waals surface area contributed by atoms with Gasteiger partial charge in [-0.15, -0.1) is 0 Å². The van der Waals surface area contributed by atoms with Crippen molar-refractivity contribution in [1.29, 1.82) is 0 Å². The normalized spacial score (nSPS) is 15.8. The molecule has 0 aliphatic carbocycles. The van der Waals surface area contributed by atoms with Crippen LogP contribution in [0.2, 0.25) is 19.1 Å². The van der Waals surface area contributed by atoms with E-state index in [4.69, 9.17) is 9.16 Å². The summed E-state index contributed by atoms with van der Waals surface area (Å²) in [7, 11) is -0.0889. The number of ether oxygens (including phenoxy) is 1. The maximum absolute atomic E-state index is 11.9. The van der Waals surface area contributed by atoms with Crippen molar-refractivity contribution >= 4 is 25.8 Å². The van der Waals surface area contributed by atoms with Crippen LogP contribution in [0.3, 0.4) is 0 Å². The van der Waals surface area contributed by atoms with Crippen LogP contribution >= 0.6 is 0 Å². The summed E-state index contributed by atoms with van der Waals surface area (Å²) in [6.45, 7) is 4.16. The van der Waals surface area contributed by atoms with Gasteiger partial charge in [0.25, 0.3) is 0 Å². The van der Waals surface area contributed by atoms with Crippen molar-refractivity contribution in [2.45, 2.75) is 25.6 Å². The van der Waals surface area contributed by atoms with Crippen molar-refractivity contribution in [3.63, 3.8) is 0 Å². The largest absolute Gasteiger partial charge is 0.420 e. The lowest BCUT2D eigenvalue weighted by Gasteiger charge is -2.19. The van der Waals surface area contributed by atoms with Gasteiger partial charge in [0.2, 0.25) is 0 Å². The molecule has 0 aromatic heterocycles. The lowest BCUT2D eigenvalue weighted by molar-refractivity contribution is -0.150. The van der Waals surface area contributed by atoms with E-state index in [1.54, 1.807) is 7.11 Å². The summed E-state index contributed by atoms with van der Waals surface area (Å²) >= 11 is 0.